The maximum Gasteiger partial charge on any atom is 0.158 e. The van der Waals surface area contributed by atoms with Crippen LogP contribution in [-0.4, -0.2) is 0 Å². The number of anilines is 2. The third-order valence-electron chi connectivity index (χ3n) is 5.89. The van der Waals surface area contributed by atoms with E-state index < -0.39 is 0 Å². The first-order chi connectivity index (χ1) is 15.8. The zero-order valence-electron chi connectivity index (χ0n) is 17.5. The summed E-state index contributed by atoms with van der Waals surface area (Å²) in [5, 5.41) is 5.79. The second kappa shape index (κ2) is 7.75. The van der Waals surface area contributed by atoms with Gasteiger partial charge in [0.2, 0.25) is 0 Å². The lowest BCUT2D eigenvalue weighted by Gasteiger charge is -2.09. The van der Waals surface area contributed by atoms with Crippen molar-refractivity contribution < 1.29 is 4.42 Å². The zero-order chi connectivity index (χ0) is 21.3. The second-order valence-corrected chi connectivity index (χ2v) is 7.93. The highest BCUT2D eigenvalue weighted by atomic mass is 16.3. The molecule has 5 aromatic carbocycles. The van der Waals surface area contributed by atoms with Gasteiger partial charge in [0.15, 0.2) is 5.58 Å². The largest absolute Gasteiger partial charge is 0.454 e. The standard InChI is InChI=1S/C30H21NO/c1-2-7-21(8-3-1)22-13-15-23(16-14-22)24-17-19-25(20-18-24)31-28-11-6-10-27-26-9-4-5-12-29(26)32-30(27)28/h1-20,31H. The van der Waals surface area contributed by atoms with Gasteiger partial charge in [0.1, 0.15) is 5.58 Å². The Balaban J connectivity index is 1.27. The first-order valence-corrected chi connectivity index (χ1v) is 10.8. The summed E-state index contributed by atoms with van der Waals surface area (Å²) in [6.45, 7) is 0. The van der Waals surface area contributed by atoms with E-state index in [1.807, 2.05) is 24.3 Å². The molecule has 1 aromatic heterocycles. The molecule has 0 aliphatic rings. The minimum absolute atomic E-state index is 0.884. The SMILES string of the molecule is c1ccc(-c2ccc(-c3ccc(Nc4cccc5c4oc4ccccc45)cc3)cc2)cc1. The smallest absolute Gasteiger partial charge is 0.158 e. The highest BCUT2D eigenvalue weighted by Gasteiger charge is 2.10. The molecule has 32 heavy (non-hydrogen) atoms. The van der Waals surface area contributed by atoms with Crippen LogP contribution in [0.2, 0.25) is 0 Å². The normalized spacial score (nSPS) is 11.1. The van der Waals surface area contributed by atoms with Gasteiger partial charge >= 0.3 is 0 Å². The zero-order valence-corrected chi connectivity index (χ0v) is 17.5. The van der Waals surface area contributed by atoms with Crippen LogP contribution in [0.1, 0.15) is 0 Å². The van der Waals surface area contributed by atoms with Gasteiger partial charge in [-0.25, -0.2) is 0 Å². The summed E-state index contributed by atoms with van der Waals surface area (Å²) in [7, 11) is 0. The van der Waals surface area contributed by atoms with E-state index >= 15 is 0 Å². The molecular weight excluding hydrogens is 390 g/mol. The topological polar surface area (TPSA) is 25.2 Å². The molecule has 0 aliphatic heterocycles. The van der Waals surface area contributed by atoms with Crippen molar-refractivity contribution in [1.29, 1.82) is 0 Å². The van der Waals surface area contributed by atoms with Gasteiger partial charge in [-0.15, -0.1) is 0 Å². The van der Waals surface area contributed by atoms with Crippen molar-refractivity contribution in [2.45, 2.75) is 0 Å². The lowest BCUT2D eigenvalue weighted by Crippen LogP contribution is -1.90. The van der Waals surface area contributed by atoms with E-state index in [1.165, 1.54) is 22.3 Å². The van der Waals surface area contributed by atoms with Crippen LogP contribution in [0.5, 0.6) is 0 Å². The van der Waals surface area contributed by atoms with Gasteiger partial charge < -0.3 is 9.73 Å². The van der Waals surface area contributed by atoms with E-state index in [-0.39, 0.29) is 0 Å². The van der Waals surface area contributed by atoms with Gasteiger partial charge in [0.25, 0.3) is 0 Å². The van der Waals surface area contributed by atoms with Crippen LogP contribution in [0.3, 0.4) is 0 Å². The monoisotopic (exact) mass is 411 g/mol. The quantitative estimate of drug-likeness (QED) is 0.314. The Hall–Kier alpha value is -4.30. The number of rotatable bonds is 4. The van der Waals surface area contributed by atoms with E-state index in [1.54, 1.807) is 0 Å². The second-order valence-electron chi connectivity index (χ2n) is 7.93. The number of furan rings is 1. The molecule has 0 radical (unpaired) electrons. The molecule has 0 spiro atoms. The van der Waals surface area contributed by atoms with Crippen LogP contribution in [0.15, 0.2) is 126 Å². The Kier molecular flexibility index (Phi) is 4.47. The Morgan fingerprint density at radius 2 is 1.00 bits per heavy atom. The Labute approximate surface area is 186 Å². The lowest BCUT2D eigenvalue weighted by atomic mass is 10.0. The van der Waals surface area contributed by atoms with Gasteiger partial charge in [-0.3, -0.25) is 0 Å². The average Bonchev–Trinajstić information content (AvgIpc) is 3.25. The first kappa shape index (κ1) is 18.5. The van der Waals surface area contributed by atoms with Gasteiger partial charge in [-0.1, -0.05) is 97.1 Å². The number of para-hydroxylation sites is 2. The van der Waals surface area contributed by atoms with E-state index in [4.69, 9.17) is 4.42 Å². The molecule has 2 nitrogen and oxygen atoms in total. The molecule has 1 heterocycles. The highest BCUT2D eigenvalue weighted by molar-refractivity contribution is 6.09. The molecule has 1 N–H and O–H groups in total. The molecule has 0 bridgehead atoms. The molecule has 6 aromatic rings. The third-order valence-corrected chi connectivity index (χ3v) is 5.89. The maximum absolute atomic E-state index is 6.13. The summed E-state index contributed by atoms with van der Waals surface area (Å²) in [6, 6.07) is 42.1. The molecule has 0 aliphatic carbocycles. The summed E-state index contributed by atoms with van der Waals surface area (Å²) in [5.74, 6) is 0. The summed E-state index contributed by atoms with van der Waals surface area (Å²) in [5.41, 5.74) is 8.65. The van der Waals surface area contributed by atoms with E-state index in [0.717, 1.165) is 33.3 Å². The van der Waals surface area contributed by atoms with E-state index in [9.17, 15) is 0 Å². The van der Waals surface area contributed by atoms with Gasteiger partial charge in [0, 0.05) is 16.5 Å². The van der Waals surface area contributed by atoms with Crippen molar-refractivity contribution in [2.24, 2.45) is 0 Å². The fourth-order valence-corrected chi connectivity index (χ4v) is 4.23. The van der Waals surface area contributed by atoms with Crippen LogP contribution < -0.4 is 5.32 Å². The van der Waals surface area contributed by atoms with Crippen LogP contribution in [0.25, 0.3) is 44.2 Å². The molecule has 0 atom stereocenters. The number of hydrogen-bond donors (Lipinski definition) is 1. The number of benzene rings is 5. The van der Waals surface area contributed by atoms with Crippen LogP contribution in [0, 0.1) is 0 Å². The number of fused-ring (bicyclic) bond motifs is 3. The Bertz CT molecular complexity index is 1510. The minimum atomic E-state index is 0.884. The van der Waals surface area contributed by atoms with Gasteiger partial charge in [-0.05, 0) is 46.5 Å². The molecule has 0 saturated carbocycles. The molecule has 2 heteroatoms. The molecule has 152 valence electrons. The lowest BCUT2D eigenvalue weighted by molar-refractivity contribution is 0.670. The van der Waals surface area contributed by atoms with Gasteiger partial charge in [-0.2, -0.15) is 0 Å². The van der Waals surface area contributed by atoms with Crippen molar-refractivity contribution in [1.82, 2.24) is 0 Å². The van der Waals surface area contributed by atoms with Crippen LogP contribution in [0.4, 0.5) is 11.4 Å². The molecule has 0 fully saturated rings. The van der Waals surface area contributed by atoms with Gasteiger partial charge in [0.05, 0.1) is 5.69 Å². The third kappa shape index (κ3) is 3.32. The predicted octanol–water partition coefficient (Wildman–Crippen LogP) is 8.66. The van der Waals surface area contributed by atoms with E-state index in [2.05, 4.69) is 102 Å². The molecule has 0 amide bonds. The van der Waals surface area contributed by atoms with Crippen molar-refractivity contribution in [3.8, 4) is 22.3 Å². The summed E-state index contributed by atoms with van der Waals surface area (Å²) < 4.78 is 6.13. The maximum atomic E-state index is 6.13. The summed E-state index contributed by atoms with van der Waals surface area (Å²) in [4.78, 5) is 0. The molecule has 6 rings (SSSR count). The fourth-order valence-electron chi connectivity index (χ4n) is 4.23. The van der Waals surface area contributed by atoms with Crippen molar-refractivity contribution in [2.75, 3.05) is 5.32 Å². The number of hydrogen-bond acceptors (Lipinski definition) is 2. The highest BCUT2D eigenvalue weighted by Crippen LogP contribution is 2.35. The summed E-state index contributed by atoms with van der Waals surface area (Å²) >= 11 is 0. The number of nitrogens with one attached hydrogen (secondary N) is 1. The van der Waals surface area contributed by atoms with Crippen molar-refractivity contribution in [3.63, 3.8) is 0 Å². The van der Waals surface area contributed by atoms with Crippen LogP contribution in [-0.2, 0) is 0 Å². The molecule has 0 unspecified atom stereocenters. The van der Waals surface area contributed by atoms with Crippen LogP contribution >= 0.6 is 0 Å². The minimum Gasteiger partial charge on any atom is -0.454 e. The fraction of sp³-hybridized carbons (Fsp3) is 0. The average molecular weight is 412 g/mol. The Morgan fingerprint density at radius 3 is 1.72 bits per heavy atom. The van der Waals surface area contributed by atoms with E-state index in [0.29, 0.717) is 0 Å². The molecular formula is C30H21NO. The summed E-state index contributed by atoms with van der Waals surface area (Å²) in [6.07, 6.45) is 0. The van der Waals surface area contributed by atoms with Crippen molar-refractivity contribution >= 4 is 33.3 Å². The molecule has 0 saturated heterocycles. The first-order valence-electron chi connectivity index (χ1n) is 10.8. The Morgan fingerprint density at radius 1 is 0.438 bits per heavy atom. The predicted molar refractivity (Wildman–Crippen MR) is 134 cm³/mol. The van der Waals surface area contributed by atoms with Crippen molar-refractivity contribution in [3.05, 3.63) is 121 Å².